The number of benzene rings is 1. The molecule has 0 radical (unpaired) electrons. The molecule has 0 atom stereocenters. The lowest BCUT2D eigenvalue weighted by Gasteiger charge is -2.33. The predicted octanol–water partition coefficient (Wildman–Crippen LogP) is 3.16. The van der Waals surface area contributed by atoms with Crippen LogP contribution in [0.1, 0.15) is 26.2 Å². The average Bonchev–Trinajstić information content (AvgIpc) is 2.66. The topological polar surface area (TPSA) is 53.9 Å². The fraction of sp³-hybridized carbons (Fsp3) is 0.579. The van der Waals surface area contributed by atoms with Crippen LogP contribution in [0.4, 0.5) is 4.39 Å². The highest BCUT2D eigenvalue weighted by Gasteiger charge is 2.27. The van der Waals surface area contributed by atoms with E-state index in [2.05, 4.69) is 15.2 Å². The number of thioether (sulfide) groups is 1. The van der Waals surface area contributed by atoms with Crippen LogP contribution in [0.2, 0.25) is 0 Å². The summed E-state index contributed by atoms with van der Waals surface area (Å²) in [5.74, 6) is 1.58. The van der Waals surface area contributed by atoms with Gasteiger partial charge in [-0.2, -0.15) is 0 Å². The normalized spacial score (nSPS) is 15.8. The zero-order valence-electron chi connectivity index (χ0n) is 15.5. The molecule has 0 saturated carbocycles. The zero-order valence-corrected chi connectivity index (χ0v) is 16.4. The van der Waals surface area contributed by atoms with E-state index in [1.54, 1.807) is 30.9 Å². The SMILES string of the molecule is CCOC(=O)C1CCN(C(=NC)NCCCSc2ccc(F)cc2)CC1. The number of piperidine rings is 1. The van der Waals surface area contributed by atoms with Crippen LogP contribution in [0, 0.1) is 11.7 Å². The second-order valence-electron chi connectivity index (χ2n) is 6.14. The van der Waals surface area contributed by atoms with Gasteiger partial charge in [0.2, 0.25) is 0 Å². The molecule has 26 heavy (non-hydrogen) atoms. The van der Waals surface area contributed by atoms with Gasteiger partial charge >= 0.3 is 5.97 Å². The summed E-state index contributed by atoms with van der Waals surface area (Å²) in [4.78, 5) is 19.4. The van der Waals surface area contributed by atoms with Crippen molar-refractivity contribution < 1.29 is 13.9 Å². The minimum absolute atomic E-state index is 0.0106. The predicted molar refractivity (Wildman–Crippen MR) is 104 cm³/mol. The van der Waals surface area contributed by atoms with Crippen LogP contribution in [-0.2, 0) is 9.53 Å². The number of halogens is 1. The van der Waals surface area contributed by atoms with Gasteiger partial charge in [0, 0.05) is 31.6 Å². The van der Waals surface area contributed by atoms with Crippen molar-refractivity contribution in [2.24, 2.45) is 10.9 Å². The molecule has 1 aliphatic rings. The molecule has 0 aromatic heterocycles. The minimum atomic E-state index is -0.202. The van der Waals surface area contributed by atoms with Crippen LogP contribution in [0.25, 0.3) is 0 Å². The van der Waals surface area contributed by atoms with Gasteiger partial charge < -0.3 is 15.0 Å². The third-order valence-electron chi connectivity index (χ3n) is 4.31. The highest BCUT2D eigenvalue weighted by molar-refractivity contribution is 7.99. The highest BCUT2D eigenvalue weighted by Crippen LogP contribution is 2.20. The summed E-state index contributed by atoms with van der Waals surface area (Å²) in [5, 5.41) is 3.39. The Kier molecular flexibility index (Phi) is 8.74. The summed E-state index contributed by atoms with van der Waals surface area (Å²) in [7, 11) is 1.78. The lowest BCUT2D eigenvalue weighted by molar-refractivity contribution is -0.149. The number of guanidine groups is 1. The molecule has 0 bridgehead atoms. The number of carbonyl (C=O) groups excluding carboxylic acids is 1. The van der Waals surface area contributed by atoms with Gasteiger partial charge in [-0.25, -0.2) is 4.39 Å². The van der Waals surface area contributed by atoms with Crippen molar-refractivity contribution in [1.29, 1.82) is 0 Å². The Hall–Kier alpha value is -1.76. The summed E-state index contributed by atoms with van der Waals surface area (Å²) < 4.78 is 18.0. The molecule has 1 fully saturated rings. The number of nitrogens with zero attached hydrogens (tertiary/aromatic N) is 2. The number of nitrogens with one attached hydrogen (secondary N) is 1. The molecule has 1 heterocycles. The molecule has 5 nitrogen and oxygen atoms in total. The molecule has 1 aromatic carbocycles. The van der Waals surface area contributed by atoms with Crippen LogP contribution in [-0.4, -0.2) is 55.9 Å². The van der Waals surface area contributed by atoms with Gasteiger partial charge in [-0.15, -0.1) is 11.8 Å². The molecule has 7 heteroatoms. The minimum Gasteiger partial charge on any atom is -0.466 e. The van der Waals surface area contributed by atoms with Crippen molar-refractivity contribution in [3.8, 4) is 0 Å². The van der Waals surface area contributed by atoms with Crippen molar-refractivity contribution in [3.63, 3.8) is 0 Å². The highest BCUT2D eigenvalue weighted by atomic mass is 32.2. The van der Waals surface area contributed by atoms with Crippen molar-refractivity contribution in [3.05, 3.63) is 30.1 Å². The summed E-state index contributed by atoms with van der Waals surface area (Å²) in [6.45, 7) is 4.74. The number of aliphatic imine (C=N–C) groups is 1. The third kappa shape index (κ3) is 6.52. The van der Waals surface area contributed by atoms with Crippen LogP contribution in [0.5, 0.6) is 0 Å². The first kappa shape index (κ1) is 20.6. The van der Waals surface area contributed by atoms with Gasteiger partial charge in [0.25, 0.3) is 0 Å². The van der Waals surface area contributed by atoms with Crippen molar-refractivity contribution in [2.45, 2.75) is 31.1 Å². The average molecular weight is 382 g/mol. The number of likely N-dealkylation sites (tertiary alicyclic amines) is 1. The lowest BCUT2D eigenvalue weighted by atomic mass is 9.97. The summed E-state index contributed by atoms with van der Waals surface area (Å²) in [5.41, 5.74) is 0. The molecule has 0 amide bonds. The third-order valence-corrected chi connectivity index (χ3v) is 5.41. The molecular weight excluding hydrogens is 353 g/mol. The smallest absolute Gasteiger partial charge is 0.309 e. The van der Waals surface area contributed by atoms with E-state index in [0.29, 0.717) is 6.61 Å². The molecular formula is C19H28FN3O2S. The maximum absolute atomic E-state index is 12.9. The molecule has 144 valence electrons. The second kappa shape index (κ2) is 11.1. The van der Waals surface area contributed by atoms with E-state index in [4.69, 9.17) is 4.74 Å². The Morgan fingerprint density at radius 3 is 2.65 bits per heavy atom. The first-order chi connectivity index (χ1) is 12.6. The largest absolute Gasteiger partial charge is 0.466 e. The van der Waals surface area contributed by atoms with Gasteiger partial charge in [-0.05, 0) is 56.2 Å². The van der Waals surface area contributed by atoms with Crippen molar-refractivity contribution >= 4 is 23.7 Å². The molecule has 1 N–H and O–H groups in total. The van der Waals surface area contributed by atoms with Gasteiger partial charge in [-0.1, -0.05) is 0 Å². The molecule has 1 aromatic rings. The molecule has 0 spiro atoms. The molecule has 0 unspecified atom stereocenters. The maximum atomic E-state index is 12.9. The Morgan fingerprint density at radius 2 is 2.04 bits per heavy atom. The first-order valence-corrected chi connectivity index (χ1v) is 10.1. The lowest BCUT2D eigenvalue weighted by Crippen LogP contribution is -2.47. The van der Waals surface area contributed by atoms with Crippen LogP contribution in [0.3, 0.4) is 0 Å². The fourth-order valence-electron chi connectivity index (χ4n) is 2.91. The number of hydrogen-bond acceptors (Lipinski definition) is 4. The van der Waals surface area contributed by atoms with E-state index in [9.17, 15) is 9.18 Å². The Balaban J connectivity index is 1.65. The van der Waals surface area contributed by atoms with Crippen LogP contribution in [0.15, 0.2) is 34.2 Å². The molecule has 0 aliphatic carbocycles. The van der Waals surface area contributed by atoms with E-state index in [-0.39, 0.29) is 17.7 Å². The quantitative estimate of drug-likeness (QED) is 0.259. The number of rotatable bonds is 7. The Bertz CT molecular complexity index is 587. The van der Waals surface area contributed by atoms with Crippen LogP contribution < -0.4 is 5.32 Å². The second-order valence-corrected chi connectivity index (χ2v) is 7.31. The number of carbonyl (C=O) groups is 1. The van der Waals surface area contributed by atoms with Gasteiger partial charge in [-0.3, -0.25) is 9.79 Å². The van der Waals surface area contributed by atoms with E-state index >= 15 is 0 Å². The monoisotopic (exact) mass is 381 g/mol. The molecule has 2 rings (SSSR count). The van der Waals surface area contributed by atoms with E-state index in [1.165, 1.54) is 12.1 Å². The van der Waals surface area contributed by atoms with E-state index in [1.807, 2.05) is 6.92 Å². The Labute approximate surface area is 159 Å². The number of hydrogen-bond donors (Lipinski definition) is 1. The standard InChI is InChI=1S/C19H28FN3O2S/c1-3-25-18(24)15-9-12-23(13-10-15)19(21-2)22-11-4-14-26-17-7-5-16(20)6-8-17/h5-8,15H,3-4,9-14H2,1-2H3,(H,21,22). The van der Waals surface area contributed by atoms with Gasteiger partial charge in [0.15, 0.2) is 5.96 Å². The molecule has 1 aliphatic heterocycles. The zero-order chi connectivity index (χ0) is 18.8. The van der Waals surface area contributed by atoms with Crippen LogP contribution >= 0.6 is 11.8 Å². The summed E-state index contributed by atoms with van der Waals surface area (Å²) in [6, 6.07) is 6.59. The summed E-state index contributed by atoms with van der Waals surface area (Å²) in [6.07, 6.45) is 2.60. The fourth-order valence-corrected chi connectivity index (χ4v) is 3.77. The first-order valence-electron chi connectivity index (χ1n) is 9.14. The molecule has 1 saturated heterocycles. The number of esters is 1. The van der Waals surface area contributed by atoms with Gasteiger partial charge in [0.05, 0.1) is 12.5 Å². The van der Waals surface area contributed by atoms with Gasteiger partial charge in [0.1, 0.15) is 5.82 Å². The van der Waals surface area contributed by atoms with E-state index in [0.717, 1.165) is 55.5 Å². The Morgan fingerprint density at radius 1 is 1.35 bits per heavy atom. The van der Waals surface area contributed by atoms with E-state index < -0.39 is 0 Å². The van der Waals surface area contributed by atoms with Crippen molar-refractivity contribution in [2.75, 3.05) is 39.0 Å². The number of ether oxygens (including phenoxy) is 1. The maximum Gasteiger partial charge on any atom is 0.309 e. The van der Waals surface area contributed by atoms with Crippen molar-refractivity contribution in [1.82, 2.24) is 10.2 Å². The summed E-state index contributed by atoms with van der Waals surface area (Å²) >= 11 is 1.72.